The Bertz CT molecular complexity index is 551. The summed E-state index contributed by atoms with van der Waals surface area (Å²) in [6.45, 7) is 2.75. The van der Waals surface area contributed by atoms with Gasteiger partial charge in [-0.25, -0.2) is 0 Å². The largest absolute Gasteiger partial charge is 0.488 e. The second kappa shape index (κ2) is 7.03. The van der Waals surface area contributed by atoms with Gasteiger partial charge < -0.3 is 13.8 Å². The van der Waals surface area contributed by atoms with Gasteiger partial charge in [0.25, 0.3) is 0 Å². The third-order valence-electron chi connectivity index (χ3n) is 4.22. The average molecular weight is 411 g/mol. The fourth-order valence-electron chi connectivity index (χ4n) is 3.44. The maximum atomic E-state index is 7.37. The van der Waals surface area contributed by atoms with E-state index in [1.807, 2.05) is 11.8 Å². The van der Waals surface area contributed by atoms with E-state index in [9.17, 15) is 0 Å². The van der Waals surface area contributed by atoms with E-state index in [4.69, 9.17) is 15.1 Å². The third kappa shape index (κ3) is 3.03. The van der Waals surface area contributed by atoms with Gasteiger partial charge >= 0.3 is 0 Å². The number of benzene rings is 1. The van der Waals surface area contributed by atoms with Crippen LogP contribution in [0.4, 0.5) is 0 Å². The lowest BCUT2D eigenvalue weighted by atomic mass is 9.89. The van der Waals surface area contributed by atoms with Gasteiger partial charge in [-0.1, -0.05) is 22.9 Å². The Kier molecular flexibility index (Phi) is 5.08. The predicted molar refractivity (Wildman–Crippen MR) is 96.0 cm³/mol. The lowest BCUT2D eigenvalue weighted by Gasteiger charge is -2.22. The number of halogens is 1. The van der Waals surface area contributed by atoms with E-state index in [1.165, 1.54) is 10.5 Å². The fourth-order valence-corrected chi connectivity index (χ4v) is 5.38. The Morgan fingerprint density at radius 2 is 2.43 bits per heavy atom. The highest BCUT2D eigenvalue weighted by Crippen LogP contribution is 2.54. The number of fused-ring (bicyclic) bond motifs is 3. The second-order valence-corrected chi connectivity index (χ2v) is 8.12. The molecule has 0 bridgehead atoms. The topological polar surface area (TPSA) is 27.7 Å². The first-order chi connectivity index (χ1) is 10.7. The van der Waals surface area contributed by atoms with Crippen LogP contribution in [-0.2, 0) is 9.05 Å². The van der Waals surface area contributed by atoms with Crippen LogP contribution in [0, 0.1) is 5.92 Å². The highest BCUT2D eigenvalue weighted by atomic mass is 79.9. The van der Waals surface area contributed by atoms with E-state index in [-0.39, 0.29) is 33.5 Å². The van der Waals surface area contributed by atoms with Crippen molar-refractivity contribution in [2.24, 2.45) is 5.92 Å². The second-order valence-electron chi connectivity index (χ2n) is 5.33. The summed E-state index contributed by atoms with van der Waals surface area (Å²) in [5, 5.41) is 0. The molecule has 21 heavy (non-hydrogen) atoms. The van der Waals surface area contributed by atoms with E-state index >= 15 is 0 Å². The van der Waals surface area contributed by atoms with E-state index in [0.29, 0.717) is 6.61 Å². The van der Waals surface area contributed by atoms with Crippen LogP contribution in [0.3, 0.4) is 0 Å². The molecule has 116 valence electrons. The van der Waals surface area contributed by atoms with Gasteiger partial charge in [-0.3, -0.25) is 0 Å². The smallest absolute Gasteiger partial charge is 0.137 e. The van der Waals surface area contributed by atoms with Crippen LogP contribution in [0.1, 0.15) is 24.8 Å². The van der Waals surface area contributed by atoms with Gasteiger partial charge in [0.1, 0.15) is 11.9 Å². The molecule has 0 saturated heterocycles. The van der Waals surface area contributed by atoms with Crippen molar-refractivity contribution >= 4 is 46.6 Å². The molecule has 0 spiro atoms. The lowest BCUT2D eigenvalue weighted by Crippen LogP contribution is -2.23. The zero-order valence-electron chi connectivity index (χ0n) is 12.7. The molecule has 0 N–H and O–H groups in total. The highest BCUT2D eigenvalue weighted by Gasteiger charge is 2.50. The Hall–Kier alpha value is 0.630. The molecule has 3 rings (SSSR count). The van der Waals surface area contributed by atoms with Gasteiger partial charge in [0, 0.05) is 47.2 Å². The Morgan fingerprint density at radius 1 is 1.57 bits per heavy atom. The van der Waals surface area contributed by atoms with Crippen LogP contribution in [-0.4, -0.2) is 25.8 Å². The first-order valence-corrected chi connectivity index (χ1v) is 9.62. The molecule has 2 aliphatic rings. The summed E-state index contributed by atoms with van der Waals surface area (Å²) in [4.78, 5) is 1.20. The highest BCUT2D eigenvalue weighted by molar-refractivity contribution is 9.10. The summed E-state index contributed by atoms with van der Waals surface area (Å²) < 4.78 is 25.7. The Morgan fingerprint density at radius 3 is 3.14 bits per heavy atom. The van der Waals surface area contributed by atoms with Crippen LogP contribution < -0.4 is 4.74 Å². The number of hydrogen-bond donors (Lipinski definition) is 0. The summed E-state index contributed by atoms with van der Waals surface area (Å²) in [7, 11) is 2.08. The molecule has 1 heterocycles. The van der Waals surface area contributed by atoms with Crippen molar-refractivity contribution in [3.8, 4) is 5.75 Å². The molecule has 1 aromatic carbocycles. The van der Waals surface area contributed by atoms with Crippen LogP contribution in [0.5, 0.6) is 5.75 Å². The van der Waals surface area contributed by atoms with Crippen molar-refractivity contribution in [1.29, 1.82) is 1.28 Å². The predicted octanol–water partition coefficient (Wildman–Crippen LogP) is 4.41. The SMILES string of the molecule is [3H]PO[C@@H]1C[C@@H]2Oc3c(SCC)cc(Br)cc3[C@@H]2[C@H]1COP. The van der Waals surface area contributed by atoms with Gasteiger partial charge in [-0.15, -0.1) is 11.8 Å². The molecular weight excluding hydrogens is 390 g/mol. The molecule has 0 aromatic heterocycles. The molecule has 3 nitrogen and oxygen atoms in total. The van der Waals surface area contributed by atoms with Crippen molar-refractivity contribution in [1.82, 2.24) is 0 Å². The van der Waals surface area contributed by atoms with Crippen molar-refractivity contribution in [2.75, 3.05) is 12.4 Å². The molecule has 1 fully saturated rings. The van der Waals surface area contributed by atoms with Crippen LogP contribution >= 0.6 is 46.6 Å². The van der Waals surface area contributed by atoms with Crippen molar-refractivity contribution in [3.05, 3.63) is 22.2 Å². The monoisotopic (exact) mass is 410 g/mol. The van der Waals surface area contributed by atoms with Crippen LogP contribution in [0.15, 0.2) is 21.5 Å². The minimum absolute atomic E-state index is 0.0424. The van der Waals surface area contributed by atoms with E-state index in [1.54, 1.807) is 0 Å². The summed E-state index contributed by atoms with van der Waals surface area (Å²) in [6, 6.07) is 4.30. The first-order valence-electron chi connectivity index (χ1n) is 7.46. The van der Waals surface area contributed by atoms with Crippen LogP contribution in [0.2, 0.25) is 0 Å². The molecule has 2 unspecified atom stereocenters. The van der Waals surface area contributed by atoms with Crippen LogP contribution in [0.25, 0.3) is 0 Å². The molecular formula is C14H19BrO3P2S. The molecule has 7 heteroatoms. The third-order valence-corrected chi connectivity index (χ3v) is 6.08. The molecule has 1 aliphatic carbocycles. The van der Waals surface area contributed by atoms with E-state index in [0.717, 1.165) is 22.4 Å². The standard InChI is InChI=1S/C14H19BrO3P2S/c1-2-21-12-4-7(15)3-8-13-9(6-16-19)10(18-20)5-11(13)17-14(8)12/h3-4,9-11,13H,2,5-6,19-20H2,1H3/t9-,10+,11-,13+/m0/s1/i20T/t9-,10+,11-,13+,20?. The molecule has 1 aliphatic heterocycles. The maximum absolute atomic E-state index is 7.37. The average Bonchev–Trinajstić information content (AvgIpc) is 2.98. The molecule has 1 saturated carbocycles. The summed E-state index contributed by atoms with van der Waals surface area (Å²) in [5.74, 6) is 2.57. The fraction of sp³-hybridized carbons (Fsp3) is 0.571. The van der Waals surface area contributed by atoms with Gasteiger partial charge in [-0.2, -0.15) is 0 Å². The quantitative estimate of drug-likeness (QED) is 0.512. The van der Waals surface area contributed by atoms with Gasteiger partial charge in [0.15, 0.2) is 0 Å². The van der Waals surface area contributed by atoms with Crippen molar-refractivity contribution in [2.45, 2.75) is 36.4 Å². The lowest BCUT2D eigenvalue weighted by molar-refractivity contribution is 0.138. The van der Waals surface area contributed by atoms with E-state index < -0.39 is 0 Å². The number of hydrogen-bond acceptors (Lipinski definition) is 4. The molecule has 1 aromatic rings. The van der Waals surface area contributed by atoms with Gasteiger partial charge in [0.2, 0.25) is 0 Å². The zero-order valence-corrected chi connectivity index (χ0v) is 16.2. The Balaban J connectivity index is 1.95. The summed E-state index contributed by atoms with van der Waals surface area (Å²) in [6.07, 6.45) is 1.01. The van der Waals surface area contributed by atoms with E-state index in [2.05, 4.69) is 44.5 Å². The zero-order chi connectivity index (χ0) is 15.7. The molecule has 6 atom stereocenters. The molecule has 0 amide bonds. The number of rotatable bonds is 6. The number of ether oxygens (including phenoxy) is 1. The summed E-state index contributed by atoms with van der Waals surface area (Å²) in [5.41, 5.74) is 1.25. The Labute approximate surface area is 144 Å². The molecule has 0 radical (unpaired) electrons. The van der Waals surface area contributed by atoms with Crippen molar-refractivity contribution in [3.63, 3.8) is 0 Å². The first kappa shape index (κ1) is 15.2. The minimum Gasteiger partial charge on any atom is -0.488 e. The summed E-state index contributed by atoms with van der Waals surface area (Å²) >= 11 is 5.43. The van der Waals surface area contributed by atoms with Gasteiger partial charge in [-0.05, 0) is 17.9 Å². The normalized spacial score (nSPS) is 31.3. The van der Waals surface area contributed by atoms with Crippen molar-refractivity contribution < 1.29 is 13.8 Å². The maximum Gasteiger partial charge on any atom is 0.137 e. The minimum atomic E-state index is -0.246. The van der Waals surface area contributed by atoms with Gasteiger partial charge in [0.05, 0.1) is 18.9 Å². The number of thioether (sulfide) groups is 1.